The number of halogens is 1. The molecule has 1 aromatic rings. The SMILES string of the molecule is CCCCCCCCc1ccc(CC(N)CO)cc1.Cl. The van der Waals surface area contributed by atoms with Gasteiger partial charge in [-0.15, -0.1) is 12.4 Å². The maximum atomic E-state index is 8.93. The lowest BCUT2D eigenvalue weighted by Crippen LogP contribution is -2.26. The Bertz CT molecular complexity index is 326. The highest BCUT2D eigenvalue weighted by Gasteiger charge is 2.02. The first-order chi connectivity index (χ1) is 9.26. The Kier molecular flexibility index (Phi) is 11.8. The Labute approximate surface area is 130 Å². The van der Waals surface area contributed by atoms with Crippen molar-refractivity contribution in [2.45, 2.75) is 64.3 Å². The summed E-state index contributed by atoms with van der Waals surface area (Å²) < 4.78 is 0. The molecule has 0 saturated carbocycles. The van der Waals surface area contributed by atoms with Crippen molar-refractivity contribution in [1.29, 1.82) is 0 Å². The van der Waals surface area contributed by atoms with Gasteiger partial charge in [-0.2, -0.15) is 0 Å². The molecule has 3 N–H and O–H groups in total. The molecule has 3 heteroatoms. The Hall–Kier alpha value is -0.570. The van der Waals surface area contributed by atoms with Crippen molar-refractivity contribution in [2.24, 2.45) is 5.73 Å². The van der Waals surface area contributed by atoms with Crippen LogP contribution in [-0.2, 0) is 12.8 Å². The Balaban J connectivity index is 0.00000361. The molecule has 0 heterocycles. The summed E-state index contributed by atoms with van der Waals surface area (Å²) >= 11 is 0. The van der Waals surface area contributed by atoms with E-state index in [0.717, 1.165) is 6.42 Å². The van der Waals surface area contributed by atoms with Crippen LogP contribution >= 0.6 is 12.4 Å². The van der Waals surface area contributed by atoms with Crippen molar-refractivity contribution >= 4 is 12.4 Å². The second-order valence-corrected chi connectivity index (χ2v) is 5.48. The number of rotatable bonds is 10. The van der Waals surface area contributed by atoms with E-state index >= 15 is 0 Å². The van der Waals surface area contributed by atoms with Crippen molar-refractivity contribution in [2.75, 3.05) is 6.61 Å². The van der Waals surface area contributed by atoms with Crippen LogP contribution in [0.4, 0.5) is 0 Å². The molecule has 1 unspecified atom stereocenters. The first-order valence-electron chi connectivity index (χ1n) is 7.70. The molecule has 0 aromatic heterocycles. The lowest BCUT2D eigenvalue weighted by atomic mass is 10.0. The van der Waals surface area contributed by atoms with Crippen LogP contribution < -0.4 is 5.73 Å². The minimum atomic E-state index is -0.135. The van der Waals surface area contributed by atoms with E-state index in [9.17, 15) is 0 Å². The average molecular weight is 300 g/mol. The average Bonchev–Trinajstić information content (AvgIpc) is 2.44. The van der Waals surface area contributed by atoms with Gasteiger partial charge in [-0.3, -0.25) is 0 Å². The van der Waals surface area contributed by atoms with Gasteiger partial charge in [-0.25, -0.2) is 0 Å². The van der Waals surface area contributed by atoms with Gasteiger partial charge in [0.25, 0.3) is 0 Å². The molecule has 0 aliphatic carbocycles. The predicted octanol–water partition coefficient (Wildman–Crippen LogP) is 3.87. The fourth-order valence-corrected chi connectivity index (χ4v) is 2.32. The van der Waals surface area contributed by atoms with Crippen molar-refractivity contribution < 1.29 is 5.11 Å². The number of hydrogen-bond donors (Lipinski definition) is 2. The van der Waals surface area contributed by atoms with E-state index in [1.807, 2.05) is 0 Å². The van der Waals surface area contributed by atoms with E-state index in [1.165, 1.54) is 56.1 Å². The smallest absolute Gasteiger partial charge is 0.0585 e. The zero-order valence-electron chi connectivity index (χ0n) is 12.7. The van der Waals surface area contributed by atoms with Crippen LogP contribution in [0.15, 0.2) is 24.3 Å². The molecule has 20 heavy (non-hydrogen) atoms. The highest BCUT2D eigenvalue weighted by atomic mass is 35.5. The first-order valence-corrected chi connectivity index (χ1v) is 7.70. The van der Waals surface area contributed by atoms with Crippen LogP contribution in [0.1, 0.15) is 56.6 Å². The predicted molar refractivity (Wildman–Crippen MR) is 89.5 cm³/mol. The maximum absolute atomic E-state index is 8.93. The van der Waals surface area contributed by atoms with E-state index in [0.29, 0.717) is 0 Å². The van der Waals surface area contributed by atoms with Crippen molar-refractivity contribution in [3.8, 4) is 0 Å². The third-order valence-corrected chi connectivity index (χ3v) is 3.57. The summed E-state index contributed by atoms with van der Waals surface area (Å²) in [6.07, 6.45) is 10.0. The zero-order chi connectivity index (χ0) is 13.9. The largest absolute Gasteiger partial charge is 0.395 e. The van der Waals surface area contributed by atoms with E-state index < -0.39 is 0 Å². The molecular formula is C17H30ClNO. The summed E-state index contributed by atoms with van der Waals surface area (Å²) in [6, 6.07) is 8.55. The molecule has 0 aliphatic heterocycles. The molecule has 2 nitrogen and oxygen atoms in total. The molecule has 0 fully saturated rings. The molecule has 1 rings (SSSR count). The van der Waals surface area contributed by atoms with E-state index in [2.05, 4.69) is 31.2 Å². The highest BCUT2D eigenvalue weighted by molar-refractivity contribution is 5.85. The molecule has 0 saturated heterocycles. The minimum absolute atomic E-state index is 0. The maximum Gasteiger partial charge on any atom is 0.0585 e. The molecule has 0 aliphatic rings. The van der Waals surface area contributed by atoms with Crippen molar-refractivity contribution in [1.82, 2.24) is 0 Å². The second kappa shape index (κ2) is 12.2. The van der Waals surface area contributed by atoms with Gasteiger partial charge < -0.3 is 10.8 Å². The Morgan fingerprint density at radius 1 is 0.950 bits per heavy atom. The molecule has 1 atom stereocenters. The van der Waals surface area contributed by atoms with Crippen molar-refractivity contribution in [3.63, 3.8) is 0 Å². The Morgan fingerprint density at radius 3 is 2.10 bits per heavy atom. The number of benzene rings is 1. The minimum Gasteiger partial charge on any atom is -0.395 e. The molecule has 0 amide bonds. The monoisotopic (exact) mass is 299 g/mol. The van der Waals surface area contributed by atoms with Crippen LogP contribution in [0.5, 0.6) is 0 Å². The fraction of sp³-hybridized carbons (Fsp3) is 0.647. The topological polar surface area (TPSA) is 46.2 Å². The summed E-state index contributed by atoms with van der Waals surface area (Å²) in [7, 11) is 0. The lowest BCUT2D eigenvalue weighted by Gasteiger charge is -2.08. The molecule has 0 radical (unpaired) electrons. The normalized spacial score (nSPS) is 11.9. The highest BCUT2D eigenvalue weighted by Crippen LogP contribution is 2.11. The molecule has 1 aromatic carbocycles. The number of aliphatic hydroxyl groups is 1. The summed E-state index contributed by atoms with van der Waals surface area (Å²) in [5.74, 6) is 0. The van der Waals surface area contributed by atoms with Crippen LogP contribution in [0.25, 0.3) is 0 Å². The van der Waals surface area contributed by atoms with Crippen LogP contribution in [0.2, 0.25) is 0 Å². The van der Waals surface area contributed by atoms with Gasteiger partial charge in [0, 0.05) is 6.04 Å². The summed E-state index contributed by atoms with van der Waals surface area (Å²) in [5, 5.41) is 8.93. The van der Waals surface area contributed by atoms with Gasteiger partial charge in [0.1, 0.15) is 0 Å². The Morgan fingerprint density at radius 2 is 1.50 bits per heavy atom. The third-order valence-electron chi connectivity index (χ3n) is 3.57. The summed E-state index contributed by atoms with van der Waals surface area (Å²) in [6.45, 7) is 2.31. The van der Waals surface area contributed by atoms with Crippen molar-refractivity contribution in [3.05, 3.63) is 35.4 Å². The number of aliphatic hydroxyl groups excluding tert-OH is 1. The van der Waals surface area contributed by atoms with E-state index in [-0.39, 0.29) is 25.1 Å². The van der Waals surface area contributed by atoms with Gasteiger partial charge >= 0.3 is 0 Å². The number of aryl methyl sites for hydroxylation is 1. The third kappa shape index (κ3) is 8.57. The van der Waals surface area contributed by atoms with Gasteiger partial charge in [0.2, 0.25) is 0 Å². The lowest BCUT2D eigenvalue weighted by molar-refractivity contribution is 0.265. The molecule has 0 bridgehead atoms. The van der Waals surface area contributed by atoms with Crippen LogP contribution in [0.3, 0.4) is 0 Å². The zero-order valence-corrected chi connectivity index (χ0v) is 13.5. The summed E-state index contributed by atoms with van der Waals surface area (Å²) in [4.78, 5) is 0. The standard InChI is InChI=1S/C17H29NO.ClH/c1-2-3-4-5-6-7-8-15-9-11-16(12-10-15)13-17(18)14-19;/h9-12,17,19H,2-8,13-14,18H2,1H3;1H. The number of unbranched alkanes of at least 4 members (excludes halogenated alkanes) is 5. The quantitative estimate of drug-likeness (QED) is 0.644. The van der Waals surface area contributed by atoms with Gasteiger partial charge in [-0.05, 0) is 30.4 Å². The molecule has 116 valence electrons. The first kappa shape index (κ1) is 19.4. The van der Waals surface area contributed by atoms with E-state index in [4.69, 9.17) is 10.8 Å². The number of hydrogen-bond acceptors (Lipinski definition) is 2. The second-order valence-electron chi connectivity index (χ2n) is 5.48. The van der Waals surface area contributed by atoms with Gasteiger partial charge in [0.15, 0.2) is 0 Å². The van der Waals surface area contributed by atoms with Gasteiger partial charge in [0.05, 0.1) is 6.61 Å². The molecule has 0 spiro atoms. The molecular weight excluding hydrogens is 270 g/mol. The van der Waals surface area contributed by atoms with Crippen LogP contribution in [0, 0.1) is 0 Å². The van der Waals surface area contributed by atoms with Gasteiger partial charge in [-0.1, -0.05) is 63.3 Å². The number of nitrogens with two attached hydrogens (primary N) is 1. The van der Waals surface area contributed by atoms with E-state index in [1.54, 1.807) is 0 Å². The summed E-state index contributed by atoms with van der Waals surface area (Å²) in [5.41, 5.74) is 8.36. The fourth-order valence-electron chi connectivity index (χ4n) is 2.32. The van der Waals surface area contributed by atoms with Crippen LogP contribution in [-0.4, -0.2) is 17.8 Å².